The lowest BCUT2D eigenvalue weighted by Crippen LogP contribution is -2.30. The van der Waals surface area contributed by atoms with Gasteiger partial charge in [0.05, 0.1) is 6.04 Å². The molecule has 0 saturated carbocycles. The average molecular weight is 302 g/mol. The molecule has 3 N–H and O–H groups in total. The van der Waals surface area contributed by atoms with Gasteiger partial charge in [-0.2, -0.15) is 0 Å². The minimum atomic E-state index is -0.572. The number of benzene rings is 2. The van der Waals surface area contributed by atoms with Gasteiger partial charge in [-0.25, -0.2) is 9.82 Å². The molecule has 1 aromatic heterocycles. The largest absolute Gasteiger partial charge is 0.271 e. The third kappa shape index (κ3) is 2.49. The van der Waals surface area contributed by atoms with Gasteiger partial charge in [0.2, 0.25) is 0 Å². The Hall–Kier alpha value is -2.01. The van der Waals surface area contributed by atoms with Crippen LogP contribution in [0.1, 0.15) is 17.2 Å². The summed E-state index contributed by atoms with van der Waals surface area (Å²) in [4.78, 5) is 4.21. The Kier molecular flexibility index (Phi) is 3.84. The predicted octanol–water partition coefficient (Wildman–Crippen LogP) is 3.58. The van der Waals surface area contributed by atoms with E-state index in [2.05, 4.69) is 10.4 Å². The molecular weight excluding hydrogens is 289 g/mol. The molecule has 0 aliphatic rings. The highest BCUT2D eigenvalue weighted by atomic mass is 35.5. The maximum absolute atomic E-state index is 14.2. The highest BCUT2D eigenvalue weighted by Crippen LogP contribution is 2.33. The zero-order valence-corrected chi connectivity index (χ0v) is 11.8. The van der Waals surface area contributed by atoms with E-state index in [-0.39, 0.29) is 0 Å². The number of fused-ring (bicyclic) bond motifs is 1. The number of nitrogens with zero attached hydrogens (tertiary/aromatic N) is 1. The van der Waals surface area contributed by atoms with E-state index in [1.807, 2.05) is 24.3 Å². The number of nitrogens with two attached hydrogens (primary N) is 1. The molecule has 2 aromatic carbocycles. The Morgan fingerprint density at radius 2 is 1.90 bits per heavy atom. The van der Waals surface area contributed by atoms with Crippen LogP contribution in [0.25, 0.3) is 10.8 Å². The van der Waals surface area contributed by atoms with Crippen molar-refractivity contribution in [1.82, 2.24) is 10.4 Å². The van der Waals surface area contributed by atoms with E-state index in [1.54, 1.807) is 24.5 Å². The number of aromatic nitrogens is 1. The second kappa shape index (κ2) is 5.77. The first-order chi connectivity index (χ1) is 10.2. The fraction of sp³-hybridized carbons (Fsp3) is 0.0625. The molecule has 0 spiro atoms. The van der Waals surface area contributed by atoms with Crippen LogP contribution in [0.2, 0.25) is 5.02 Å². The molecule has 3 nitrogen and oxygen atoms in total. The summed E-state index contributed by atoms with van der Waals surface area (Å²) in [6, 6.07) is 11.7. The molecule has 1 atom stereocenters. The minimum Gasteiger partial charge on any atom is -0.271 e. The number of pyridine rings is 1. The van der Waals surface area contributed by atoms with Crippen LogP contribution in [0.15, 0.2) is 54.9 Å². The van der Waals surface area contributed by atoms with E-state index in [0.29, 0.717) is 10.6 Å². The third-order valence-corrected chi connectivity index (χ3v) is 3.79. The number of nitrogens with one attached hydrogen (secondary N) is 1. The zero-order chi connectivity index (χ0) is 14.8. The Morgan fingerprint density at radius 1 is 1.10 bits per heavy atom. The topological polar surface area (TPSA) is 50.9 Å². The van der Waals surface area contributed by atoms with Gasteiger partial charge in [0, 0.05) is 33.9 Å². The van der Waals surface area contributed by atoms with Gasteiger partial charge in [0.1, 0.15) is 5.82 Å². The van der Waals surface area contributed by atoms with Crippen LogP contribution in [0.4, 0.5) is 4.39 Å². The first kappa shape index (κ1) is 13.9. The van der Waals surface area contributed by atoms with Crippen LogP contribution in [0.5, 0.6) is 0 Å². The quantitative estimate of drug-likeness (QED) is 0.574. The van der Waals surface area contributed by atoms with Gasteiger partial charge < -0.3 is 0 Å². The van der Waals surface area contributed by atoms with Crippen LogP contribution in [-0.2, 0) is 0 Å². The summed E-state index contributed by atoms with van der Waals surface area (Å²) in [6.45, 7) is 0. The fourth-order valence-corrected chi connectivity index (χ4v) is 2.76. The smallest absolute Gasteiger partial charge is 0.129 e. The van der Waals surface area contributed by atoms with Gasteiger partial charge in [-0.3, -0.25) is 10.8 Å². The molecule has 0 aliphatic heterocycles. The molecule has 0 aliphatic carbocycles. The monoisotopic (exact) mass is 301 g/mol. The number of hydrogen-bond acceptors (Lipinski definition) is 3. The molecule has 0 saturated heterocycles. The number of hydrogen-bond donors (Lipinski definition) is 2. The third-order valence-electron chi connectivity index (χ3n) is 3.47. The van der Waals surface area contributed by atoms with Crippen LogP contribution in [-0.4, -0.2) is 4.98 Å². The Balaban J connectivity index is 2.24. The normalized spacial score (nSPS) is 12.5. The molecule has 21 heavy (non-hydrogen) atoms. The van der Waals surface area contributed by atoms with E-state index in [9.17, 15) is 4.39 Å². The summed E-state index contributed by atoms with van der Waals surface area (Å²) < 4.78 is 14.2. The highest BCUT2D eigenvalue weighted by Gasteiger charge is 2.21. The van der Waals surface area contributed by atoms with Crippen LogP contribution < -0.4 is 11.3 Å². The van der Waals surface area contributed by atoms with Crippen LogP contribution in [0, 0.1) is 5.82 Å². The molecule has 3 rings (SSSR count). The summed E-state index contributed by atoms with van der Waals surface area (Å²) in [5.74, 6) is 5.26. The maximum atomic E-state index is 14.2. The first-order valence-electron chi connectivity index (χ1n) is 6.45. The molecule has 0 fully saturated rings. The van der Waals surface area contributed by atoms with Gasteiger partial charge in [-0.15, -0.1) is 0 Å². The second-order valence-electron chi connectivity index (χ2n) is 4.68. The van der Waals surface area contributed by atoms with Crippen molar-refractivity contribution in [3.05, 3.63) is 76.8 Å². The molecule has 0 bridgehead atoms. The van der Waals surface area contributed by atoms with E-state index in [4.69, 9.17) is 17.4 Å². The number of rotatable bonds is 3. The lowest BCUT2D eigenvalue weighted by molar-refractivity contribution is 0.561. The zero-order valence-electron chi connectivity index (χ0n) is 11.1. The maximum Gasteiger partial charge on any atom is 0.129 e. The van der Waals surface area contributed by atoms with Crippen molar-refractivity contribution < 1.29 is 4.39 Å². The number of hydrazine groups is 1. The molecule has 5 heteroatoms. The van der Waals surface area contributed by atoms with E-state index < -0.39 is 11.9 Å². The summed E-state index contributed by atoms with van der Waals surface area (Å²) in [5.41, 5.74) is 3.74. The number of halogens is 2. The SMILES string of the molecule is NNC(c1c(F)cccc1Cl)c1cncc2ccccc12. The summed E-state index contributed by atoms with van der Waals surface area (Å²) in [7, 11) is 0. The van der Waals surface area contributed by atoms with Crippen molar-refractivity contribution in [3.8, 4) is 0 Å². The summed E-state index contributed by atoms with van der Waals surface area (Å²) >= 11 is 6.15. The van der Waals surface area contributed by atoms with Crippen molar-refractivity contribution in [2.75, 3.05) is 0 Å². The minimum absolute atomic E-state index is 0.319. The van der Waals surface area contributed by atoms with Gasteiger partial charge in [-0.1, -0.05) is 41.9 Å². The lowest BCUT2D eigenvalue weighted by atomic mass is 9.96. The molecule has 0 amide bonds. The van der Waals surface area contributed by atoms with Crippen molar-refractivity contribution in [3.63, 3.8) is 0 Å². The molecule has 0 radical (unpaired) electrons. The van der Waals surface area contributed by atoms with Gasteiger partial charge in [0.15, 0.2) is 0 Å². The molecule has 106 valence electrons. The first-order valence-corrected chi connectivity index (χ1v) is 6.83. The Bertz CT molecular complexity index is 766. The van der Waals surface area contributed by atoms with E-state index in [1.165, 1.54) is 6.07 Å². The predicted molar refractivity (Wildman–Crippen MR) is 82.3 cm³/mol. The van der Waals surface area contributed by atoms with Crippen molar-refractivity contribution >= 4 is 22.4 Å². The van der Waals surface area contributed by atoms with Crippen LogP contribution in [0.3, 0.4) is 0 Å². The van der Waals surface area contributed by atoms with Crippen LogP contribution >= 0.6 is 11.6 Å². The average Bonchev–Trinajstić information content (AvgIpc) is 2.51. The van der Waals surface area contributed by atoms with E-state index >= 15 is 0 Å². The standard InChI is InChI=1S/C16H13ClFN3/c17-13-6-3-7-14(18)15(13)16(21-19)12-9-20-8-10-4-1-2-5-11(10)12/h1-9,16,21H,19H2. The van der Waals surface area contributed by atoms with Crippen molar-refractivity contribution in [2.45, 2.75) is 6.04 Å². The van der Waals surface area contributed by atoms with Gasteiger partial charge in [0.25, 0.3) is 0 Å². The summed E-state index contributed by atoms with van der Waals surface area (Å²) in [5, 5.41) is 2.24. The van der Waals surface area contributed by atoms with Crippen molar-refractivity contribution in [2.24, 2.45) is 5.84 Å². The fourth-order valence-electron chi connectivity index (χ4n) is 2.49. The highest BCUT2D eigenvalue weighted by molar-refractivity contribution is 6.31. The van der Waals surface area contributed by atoms with Crippen molar-refractivity contribution in [1.29, 1.82) is 0 Å². The van der Waals surface area contributed by atoms with Gasteiger partial charge >= 0.3 is 0 Å². The Labute approximate surface area is 126 Å². The molecule has 3 aromatic rings. The molecular formula is C16H13ClFN3. The molecule has 1 heterocycles. The van der Waals surface area contributed by atoms with Gasteiger partial charge in [-0.05, 0) is 17.5 Å². The lowest BCUT2D eigenvalue weighted by Gasteiger charge is -2.20. The second-order valence-corrected chi connectivity index (χ2v) is 5.09. The Morgan fingerprint density at radius 3 is 2.67 bits per heavy atom. The molecule has 1 unspecified atom stereocenters. The van der Waals surface area contributed by atoms with E-state index in [0.717, 1.165) is 16.3 Å². The summed E-state index contributed by atoms with van der Waals surface area (Å²) in [6.07, 6.45) is 3.44.